The number of methoxy groups -OCH3 is 1. The third-order valence-electron chi connectivity index (χ3n) is 2.91. The number of aromatic nitrogens is 2. The third kappa shape index (κ3) is 4.08. The minimum Gasteiger partial charge on any atom is -0.383 e. The fourth-order valence-corrected chi connectivity index (χ4v) is 2.09. The van der Waals surface area contributed by atoms with Crippen LogP contribution in [-0.4, -0.2) is 23.5 Å². The lowest BCUT2D eigenvalue weighted by molar-refractivity contribution is 0.183. The Morgan fingerprint density at radius 2 is 2.11 bits per heavy atom. The lowest BCUT2D eigenvalue weighted by atomic mass is 10.1. The van der Waals surface area contributed by atoms with Gasteiger partial charge in [0.1, 0.15) is 0 Å². The van der Waals surface area contributed by atoms with Gasteiger partial charge in [-0.15, -0.1) is 0 Å². The Morgan fingerprint density at radius 3 is 2.79 bits per heavy atom. The molecule has 1 atom stereocenters. The van der Waals surface area contributed by atoms with Crippen LogP contribution in [0.3, 0.4) is 0 Å². The van der Waals surface area contributed by atoms with Crippen molar-refractivity contribution < 1.29 is 4.74 Å². The SMILES string of the molecule is COCCn1cc(NC(C)c2ccc(Br)cc2)cn1. The van der Waals surface area contributed by atoms with Gasteiger partial charge in [-0.05, 0) is 24.6 Å². The Balaban J connectivity index is 1.96. The van der Waals surface area contributed by atoms with Gasteiger partial charge in [0.2, 0.25) is 0 Å². The summed E-state index contributed by atoms with van der Waals surface area (Å²) in [5, 5.41) is 7.72. The summed E-state index contributed by atoms with van der Waals surface area (Å²) in [5.74, 6) is 0. The van der Waals surface area contributed by atoms with Crippen molar-refractivity contribution in [2.24, 2.45) is 0 Å². The molecule has 1 aromatic heterocycles. The van der Waals surface area contributed by atoms with Gasteiger partial charge in [-0.2, -0.15) is 5.10 Å². The molecular weight excluding hydrogens is 306 g/mol. The maximum Gasteiger partial charge on any atom is 0.0731 e. The van der Waals surface area contributed by atoms with Crippen molar-refractivity contribution in [1.82, 2.24) is 9.78 Å². The quantitative estimate of drug-likeness (QED) is 0.884. The van der Waals surface area contributed by atoms with Crippen molar-refractivity contribution in [3.63, 3.8) is 0 Å². The summed E-state index contributed by atoms with van der Waals surface area (Å²) in [4.78, 5) is 0. The van der Waals surface area contributed by atoms with Crippen LogP contribution >= 0.6 is 15.9 Å². The number of rotatable bonds is 6. The van der Waals surface area contributed by atoms with Crippen molar-refractivity contribution in [2.45, 2.75) is 19.5 Å². The first-order chi connectivity index (χ1) is 9.19. The van der Waals surface area contributed by atoms with Crippen molar-refractivity contribution >= 4 is 21.6 Å². The molecule has 2 rings (SSSR count). The molecule has 0 fully saturated rings. The van der Waals surface area contributed by atoms with E-state index in [1.807, 2.05) is 17.1 Å². The zero-order chi connectivity index (χ0) is 13.7. The molecule has 0 radical (unpaired) electrons. The third-order valence-corrected chi connectivity index (χ3v) is 3.44. The molecule has 0 aliphatic rings. The van der Waals surface area contributed by atoms with Gasteiger partial charge in [0.25, 0.3) is 0 Å². The van der Waals surface area contributed by atoms with E-state index < -0.39 is 0 Å². The Morgan fingerprint density at radius 1 is 1.37 bits per heavy atom. The zero-order valence-corrected chi connectivity index (χ0v) is 12.7. The van der Waals surface area contributed by atoms with Crippen LogP contribution < -0.4 is 5.32 Å². The fraction of sp³-hybridized carbons (Fsp3) is 0.357. The van der Waals surface area contributed by atoms with Crippen LogP contribution in [0.25, 0.3) is 0 Å². The number of benzene rings is 1. The number of halogens is 1. The largest absolute Gasteiger partial charge is 0.383 e. The standard InChI is InChI=1S/C14H18BrN3O/c1-11(12-3-5-13(15)6-4-12)17-14-9-16-18(10-14)7-8-19-2/h3-6,9-11,17H,7-8H2,1-2H3. The summed E-state index contributed by atoms with van der Waals surface area (Å²) in [5.41, 5.74) is 2.26. The first-order valence-electron chi connectivity index (χ1n) is 6.22. The normalized spacial score (nSPS) is 12.4. The van der Waals surface area contributed by atoms with Crippen LogP contribution in [-0.2, 0) is 11.3 Å². The molecule has 1 aromatic carbocycles. The summed E-state index contributed by atoms with van der Waals surface area (Å²) < 4.78 is 8.00. The lowest BCUT2D eigenvalue weighted by Crippen LogP contribution is -2.06. The van der Waals surface area contributed by atoms with E-state index in [0.717, 1.165) is 16.7 Å². The van der Waals surface area contributed by atoms with Crippen LogP contribution in [0, 0.1) is 0 Å². The highest BCUT2D eigenvalue weighted by molar-refractivity contribution is 9.10. The Labute approximate surface area is 121 Å². The summed E-state index contributed by atoms with van der Waals surface area (Å²) in [7, 11) is 1.69. The van der Waals surface area contributed by atoms with Gasteiger partial charge < -0.3 is 10.1 Å². The smallest absolute Gasteiger partial charge is 0.0731 e. The first-order valence-corrected chi connectivity index (χ1v) is 7.01. The van der Waals surface area contributed by atoms with Gasteiger partial charge >= 0.3 is 0 Å². The number of nitrogens with zero attached hydrogens (tertiary/aromatic N) is 2. The molecular formula is C14H18BrN3O. The van der Waals surface area contributed by atoms with Crippen molar-refractivity contribution in [3.05, 3.63) is 46.7 Å². The molecule has 0 spiro atoms. The number of ether oxygens (including phenoxy) is 1. The van der Waals surface area contributed by atoms with Crippen LogP contribution in [0.4, 0.5) is 5.69 Å². The summed E-state index contributed by atoms with van der Waals surface area (Å²) in [6, 6.07) is 8.56. The van der Waals surface area contributed by atoms with E-state index in [1.54, 1.807) is 7.11 Å². The molecule has 0 aliphatic carbocycles. The summed E-state index contributed by atoms with van der Waals surface area (Å²) in [6.07, 6.45) is 3.83. The Hall–Kier alpha value is -1.33. The molecule has 0 aliphatic heterocycles. The number of anilines is 1. The predicted molar refractivity (Wildman–Crippen MR) is 80.3 cm³/mol. The van der Waals surface area contributed by atoms with Gasteiger partial charge in [0, 0.05) is 23.8 Å². The van der Waals surface area contributed by atoms with Crippen LogP contribution in [0.2, 0.25) is 0 Å². The molecule has 0 saturated heterocycles. The Kier molecular flexibility index (Phi) is 4.99. The summed E-state index contributed by atoms with van der Waals surface area (Å²) in [6.45, 7) is 3.57. The molecule has 1 unspecified atom stereocenters. The average Bonchev–Trinajstić information content (AvgIpc) is 2.84. The maximum absolute atomic E-state index is 5.03. The van der Waals surface area contributed by atoms with Crippen molar-refractivity contribution in [1.29, 1.82) is 0 Å². The Bertz CT molecular complexity index is 510. The second-order valence-electron chi connectivity index (χ2n) is 4.40. The minimum absolute atomic E-state index is 0.244. The minimum atomic E-state index is 0.244. The first kappa shape index (κ1) is 14.1. The van der Waals surface area contributed by atoms with E-state index >= 15 is 0 Å². The number of hydrogen-bond donors (Lipinski definition) is 1. The molecule has 5 heteroatoms. The maximum atomic E-state index is 5.03. The van der Waals surface area contributed by atoms with E-state index in [4.69, 9.17) is 4.74 Å². The molecule has 0 saturated carbocycles. The topological polar surface area (TPSA) is 39.1 Å². The number of nitrogens with one attached hydrogen (secondary N) is 1. The highest BCUT2D eigenvalue weighted by Crippen LogP contribution is 2.20. The predicted octanol–water partition coefficient (Wildman–Crippen LogP) is 3.47. The van der Waals surface area contributed by atoms with Gasteiger partial charge in [-0.1, -0.05) is 28.1 Å². The molecule has 0 amide bonds. The van der Waals surface area contributed by atoms with E-state index in [1.165, 1.54) is 5.56 Å². The van der Waals surface area contributed by atoms with Crippen molar-refractivity contribution in [2.75, 3.05) is 19.0 Å². The number of hydrogen-bond acceptors (Lipinski definition) is 3. The monoisotopic (exact) mass is 323 g/mol. The van der Waals surface area contributed by atoms with Crippen LogP contribution in [0.1, 0.15) is 18.5 Å². The second kappa shape index (κ2) is 6.73. The molecule has 19 heavy (non-hydrogen) atoms. The second-order valence-corrected chi connectivity index (χ2v) is 5.32. The fourth-order valence-electron chi connectivity index (χ4n) is 1.83. The van der Waals surface area contributed by atoms with E-state index in [9.17, 15) is 0 Å². The van der Waals surface area contributed by atoms with Gasteiger partial charge in [0.05, 0.1) is 25.0 Å². The van der Waals surface area contributed by atoms with E-state index in [2.05, 4.69) is 57.5 Å². The van der Waals surface area contributed by atoms with Gasteiger partial charge in [-0.25, -0.2) is 0 Å². The molecule has 1 heterocycles. The zero-order valence-electron chi connectivity index (χ0n) is 11.1. The van der Waals surface area contributed by atoms with Crippen LogP contribution in [0.15, 0.2) is 41.1 Å². The highest BCUT2D eigenvalue weighted by atomic mass is 79.9. The molecule has 2 aromatic rings. The van der Waals surface area contributed by atoms with E-state index in [-0.39, 0.29) is 6.04 Å². The van der Waals surface area contributed by atoms with Crippen molar-refractivity contribution in [3.8, 4) is 0 Å². The van der Waals surface area contributed by atoms with E-state index in [0.29, 0.717) is 6.61 Å². The lowest BCUT2D eigenvalue weighted by Gasteiger charge is -2.14. The van der Waals surface area contributed by atoms with Gasteiger partial charge in [-0.3, -0.25) is 4.68 Å². The van der Waals surface area contributed by atoms with Gasteiger partial charge in [0.15, 0.2) is 0 Å². The summed E-state index contributed by atoms with van der Waals surface area (Å²) >= 11 is 3.44. The molecule has 4 nitrogen and oxygen atoms in total. The molecule has 102 valence electrons. The average molecular weight is 324 g/mol. The highest BCUT2D eigenvalue weighted by Gasteiger charge is 2.06. The molecule has 0 bridgehead atoms. The van der Waals surface area contributed by atoms with Crippen LogP contribution in [0.5, 0.6) is 0 Å². The molecule has 1 N–H and O–H groups in total.